The maximum Gasteiger partial charge on any atom is 0.252 e. The van der Waals surface area contributed by atoms with Crippen LogP contribution in [-0.4, -0.2) is 23.6 Å². The Kier molecular flexibility index (Phi) is 8.13. The molecule has 2 aliphatic rings. The summed E-state index contributed by atoms with van der Waals surface area (Å²) in [5, 5.41) is 11.1. The van der Waals surface area contributed by atoms with Gasteiger partial charge in [0.25, 0.3) is 11.8 Å². The van der Waals surface area contributed by atoms with Gasteiger partial charge in [0.2, 0.25) is 11.8 Å². The minimum Gasteiger partial charge on any atom is -0.369 e. The molecule has 6 aromatic carbocycles. The average molecular weight is 701 g/mol. The monoisotopic (exact) mass is 700 g/mol. The van der Waals surface area contributed by atoms with E-state index in [-0.39, 0.29) is 24.2 Å². The first-order chi connectivity index (χ1) is 25.5. The number of primary amides is 2. The first-order valence-corrected chi connectivity index (χ1v) is 17.9. The molecule has 8 nitrogen and oxygen atoms in total. The van der Waals surface area contributed by atoms with Crippen molar-refractivity contribution in [2.45, 2.75) is 56.5 Å². The number of benzene rings is 6. The quantitative estimate of drug-likeness (QED) is 0.122. The van der Waals surface area contributed by atoms with Crippen LogP contribution in [0, 0.1) is 13.8 Å². The van der Waals surface area contributed by atoms with Crippen LogP contribution >= 0.6 is 0 Å². The van der Waals surface area contributed by atoms with Crippen LogP contribution in [0.3, 0.4) is 0 Å². The van der Waals surface area contributed by atoms with Crippen molar-refractivity contribution < 1.29 is 19.2 Å². The minimum atomic E-state index is -0.668. The number of carbonyl (C=O) groups is 4. The molecular weight excluding hydrogens is 661 g/mol. The number of rotatable bonds is 10. The van der Waals surface area contributed by atoms with E-state index in [1.165, 1.54) is 0 Å². The molecule has 6 aromatic rings. The lowest BCUT2D eigenvalue weighted by atomic mass is 9.90. The molecule has 6 N–H and O–H groups in total. The summed E-state index contributed by atoms with van der Waals surface area (Å²) in [6.07, 6.45) is 2.37. The summed E-state index contributed by atoms with van der Waals surface area (Å²) in [5.74, 6) is -1.46. The Morgan fingerprint density at radius 2 is 1.30 bits per heavy atom. The zero-order chi connectivity index (χ0) is 37.1. The molecule has 0 saturated heterocycles. The number of hydrogen-bond donors (Lipinski definition) is 4. The van der Waals surface area contributed by atoms with Gasteiger partial charge < -0.3 is 22.1 Å². The van der Waals surface area contributed by atoms with Crippen molar-refractivity contribution in [3.8, 4) is 0 Å². The highest BCUT2D eigenvalue weighted by Crippen LogP contribution is 2.60. The molecule has 8 rings (SSSR count). The fraction of sp³-hybridized carbons (Fsp3) is 0.200. The van der Waals surface area contributed by atoms with Crippen molar-refractivity contribution >= 4 is 45.2 Å². The van der Waals surface area contributed by atoms with E-state index in [2.05, 4.69) is 65.2 Å². The number of nitrogens with two attached hydrogens (primary N) is 2. The van der Waals surface area contributed by atoms with Crippen molar-refractivity contribution in [3.63, 3.8) is 0 Å². The third-order valence-electron chi connectivity index (χ3n) is 11.2. The largest absolute Gasteiger partial charge is 0.369 e. The Morgan fingerprint density at radius 1 is 0.660 bits per heavy atom. The molecule has 0 heterocycles. The zero-order valence-electron chi connectivity index (χ0n) is 29.7. The summed E-state index contributed by atoms with van der Waals surface area (Å²) in [6, 6.07) is 37.6. The predicted octanol–water partition coefficient (Wildman–Crippen LogP) is 6.97. The summed E-state index contributed by atoms with van der Waals surface area (Å²) < 4.78 is 0. The third-order valence-corrected chi connectivity index (χ3v) is 11.2. The summed E-state index contributed by atoms with van der Waals surface area (Å²) in [6.45, 7) is 3.74. The number of carbonyl (C=O) groups excluding carboxylic acids is 4. The SMILES string of the molecule is Cc1ccc(C(N)=O)cc1C(=O)NC1(c2cccc3cc(C4CC4(NC(=O)c4cc(CC(N)=O)ccc4C)c4cccc5ccccc45)ccc23)CC1. The molecule has 0 spiro atoms. The van der Waals surface area contributed by atoms with Crippen molar-refractivity contribution in [2.24, 2.45) is 11.5 Å². The van der Waals surface area contributed by atoms with E-state index in [0.29, 0.717) is 28.7 Å². The van der Waals surface area contributed by atoms with Gasteiger partial charge in [0.15, 0.2) is 0 Å². The molecule has 4 amide bonds. The second-order valence-electron chi connectivity index (χ2n) is 14.7. The highest BCUT2D eigenvalue weighted by atomic mass is 16.2. The lowest BCUT2D eigenvalue weighted by molar-refractivity contribution is -0.117. The van der Waals surface area contributed by atoms with E-state index >= 15 is 0 Å². The lowest BCUT2D eigenvalue weighted by Crippen LogP contribution is -2.37. The average Bonchev–Trinajstić information content (AvgIpc) is 4.08. The molecule has 2 atom stereocenters. The normalized spacial score (nSPS) is 18.3. The number of fused-ring (bicyclic) bond motifs is 2. The summed E-state index contributed by atoms with van der Waals surface area (Å²) in [4.78, 5) is 51.4. The van der Waals surface area contributed by atoms with Crippen molar-refractivity contribution in [1.29, 1.82) is 0 Å². The highest BCUT2D eigenvalue weighted by Gasteiger charge is 2.58. The number of amides is 4. The van der Waals surface area contributed by atoms with Gasteiger partial charge in [-0.3, -0.25) is 19.2 Å². The maximum absolute atomic E-state index is 14.2. The molecule has 2 saturated carbocycles. The molecule has 53 heavy (non-hydrogen) atoms. The van der Waals surface area contributed by atoms with E-state index in [1.54, 1.807) is 24.3 Å². The van der Waals surface area contributed by atoms with Crippen LogP contribution in [0.15, 0.2) is 115 Å². The van der Waals surface area contributed by atoms with Crippen LogP contribution in [0.2, 0.25) is 0 Å². The standard InChI is InChI=1S/C45H40N4O4/c1-26-13-15-28(22-40(46)50)21-35(26)43(53)49-45(38-12-5-8-29-7-3-4-10-33(29)38)25-39(45)31-17-18-34-30(23-31)9-6-11-37(34)44(19-20-44)48-42(52)36-24-32(41(47)51)16-14-27(36)2/h3-18,21,23-24,39H,19-20,22,25H2,1-2H3,(H2,46,50)(H2,47,51)(H,48,52)(H,49,53). The molecule has 0 bridgehead atoms. The Morgan fingerprint density at radius 3 is 2.04 bits per heavy atom. The molecule has 0 radical (unpaired) electrons. The summed E-state index contributed by atoms with van der Waals surface area (Å²) in [5.41, 5.74) is 16.6. The van der Waals surface area contributed by atoms with E-state index in [9.17, 15) is 19.2 Å². The number of aryl methyl sites for hydroxylation is 2. The van der Waals surface area contributed by atoms with Crippen LogP contribution in [0.5, 0.6) is 0 Å². The number of hydrogen-bond acceptors (Lipinski definition) is 4. The van der Waals surface area contributed by atoms with Crippen LogP contribution in [0.4, 0.5) is 0 Å². The maximum atomic E-state index is 14.2. The Hall–Kier alpha value is -6.28. The van der Waals surface area contributed by atoms with E-state index in [0.717, 1.165) is 62.2 Å². The predicted molar refractivity (Wildman–Crippen MR) is 207 cm³/mol. The second-order valence-corrected chi connectivity index (χ2v) is 14.7. The van der Waals surface area contributed by atoms with Gasteiger partial charge in [0, 0.05) is 22.6 Å². The molecule has 264 valence electrons. The molecule has 0 aliphatic heterocycles. The van der Waals surface area contributed by atoms with Gasteiger partial charge in [-0.2, -0.15) is 0 Å². The molecule has 8 heteroatoms. The lowest BCUT2D eigenvalue weighted by Gasteiger charge is -2.24. The molecule has 2 unspecified atom stereocenters. The molecular formula is C45H40N4O4. The second kappa shape index (κ2) is 12.7. The van der Waals surface area contributed by atoms with Crippen LogP contribution in [0.25, 0.3) is 21.5 Å². The van der Waals surface area contributed by atoms with E-state index in [1.807, 2.05) is 50.2 Å². The fourth-order valence-electron chi connectivity index (χ4n) is 8.11. The molecule has 0 aromatic heterocycles. The van der Waals surface area contributed by atoms with Crippen molar-refractivity contribution in [2.75, 3.05) is 0 Å². The van der Waals surface area contributed by atoms with Crippen molar-refractivity contribution in [1.82, 2.24) is 10.6 Å². The first-order valence-electron chi connectivity index (χ1n) is 17.9. The van der Waals surface area contributed by atoms with Gasteiger partial charge in [-0.25, -0.2) is 0 Å². The highest BCUT2D eigenvalue weighted by molar-refractivity contribution is 6.01. The third kappa shape index (κ3) is 6.10. The molecule has 2 aliphatic carbocycles. The van der Waals surface area contributed by atoms with Crippen LogP contribution < -0.4 is 22.1 Å². The summed E-state index contributed by atoms with van der Waals surface area (Å²) in [7, 11) is 0. The van der Waals surface area contributed by atoms with Gasteiger partial charge in [-0.15, -0.1) is 0 Å². The Labute approximate surface area is 307 Å². The van der Waals surface area contributed by atoms with Gasteiger partial charge in [0.05, 0.1) is 17.5 Å². The fourth-order valence-corrected chi connectivity index (χ4v) is 8.11. The number of nitrogens with one attached hydrogen (secondary N) is 2. The summed E-state index contributed by atoms with van der Waals surface area (Å²) >= 11 is 0. The zero-order valence-corrected chi connectivity index (χ0v) is 29.7. The van der Waals surface area contributed by atoms with Gasteiger partial charge in [-0.05, 0) is 106 Å². The smallest absolute Gasteiger partial charge is 0.252 e. The minimum absolute atomic E-state index is 0.00508. The van der Waals surface area contributed by atoms with Gasteiger partial charge >= 0.3 is 0 Å². The van der Waals surface area contributed by atoms with Gasteiger partial charge in [0.1, 0.15) is 0 Å². The van der Waals surface area contributed by atoms with Gasteiger partial charge in [-0.1, -0.05) is 97.1 Å². The van der Waals surface area contributed by atoms with Crippen molar-refractivity contribution in [3.05, 3.63) is 165 Å². The Bertz CT molecular complexity index is 2510. The Balaban J connectivity index is 1.14. The van der Waals surface area contributed by atoms with Crippen LogP contribution in [0.1, 0.15) is 89.6 Å². The first kappa shape index (κ1) is 33.8. The topological polar surface area (TPSA) is 144 Å². The molecule has 2 fully saturated rings. The van der Waals surface area contributed by atoms with E-state index in [4.69, 9.17) is 11.5 Å². The van der Waals surface area contributed by atoms with E-state index < -0.39 is 22.9 Å². The van der Waals surface area contributed by atoms with Crippen LogP contribution in [-0.2, 0) is 22.3 Å².